The fourth-order valence-electron chi connectivity index (χ4n) is 10.5. The molecule has 0 saturated carbocycles. The molecule has 0 bridgehead atoms. The van der Waals surface area contributed by atoms with E-state index in [1.807, 2.05) is 6.08 Å². The number of hydrogen-bond acceptors (Lipinski definition) is 8. The van der Waals surface area contributed by atoms with Crippen LogP contribution in [0.15, 0.2) is 109 Å². The lowest BCUT2D eigenvalue weighted by Crippen LogP contribution is -2.60. The highest BCUT2D eigenvalue weighted by Crippen LogP contribution is 2.23. The summed E-state index contributed by atoms with van der Waals surface area (Å²) in [4.78, 5) is 13.1. The molecular formula is C74H129NO8. The lowest BCUT2D eigenvalue weighted by molar-refractivity contribution is -0.302. The number of hydrogen-bond donors (Lipinski definition) is 6. The molecule has 0 aromatic rings. The molecule has 9 nitrogen and oxygen atoms in total. The Morgan fingerprint density at radius 2 is 0.747 bits per heavy atom. The molecule has 1 amide bonds. The van der Waals surface area contributed by atoms with E-state index in [1.54, 1.807) is 6.08 Å². The largest absolute Gasteiger partial charge is 0.394 e. The molecular weight excluding hydrogens is 1030 g/mol. The molecule has 0 radical (unpaired) electrons. The zero-order chi connectivity index (χ0) is 60.0. The average molecular weight is 1160 g/mol. The maximum Gasteiger partial charge on any atom is 0.220 e. The Balaban J connectivity index is 2.15. The van der Waals surface area contributed by atoms with Crippen molar-refractivity contribution in [2.75, 3.05) is 13.2 Å². The second kappa shape index (κ2) is 61.9. The van der Waals surface area contributed by atoms with Gasteiger partial charge < -0.3 is 40.3 Å². The maximum absolute atomic E-state index is 13.1. The molecule has 7 unspecified atom stereocenters. The molecule has 1 saturated heterocycles. The van der Waals surface area contributed by atoms with Gasteiger partial charge in [0.1, 0.15) is 24.4 Å². The Morgan fingerprint density at radius 3 is 1.11 bits per heavy atom. The summed E-state index contributed by atoms with van der Waals surface area (Å²) in [5, 5.41) is 54.7. The highest BCUT2D eigenvalue weighted by atomic mass is 16.7. The van der Waals surface area contributed by atoms with Crippen molar-refractivity contribution < 1.29 is 39.8 Å². The first kappa shape index (κ1) is 77.9. The van der Waals surface area contributed by atoms with Gasteiger partial charge in [0.25, 0.3) is 0 Å². The molecule has 1 rings (SSSR count). The molecule has 1 heterocycles. The van der Waals surface area contributed by atoms with Crippen molar-refractivity contribution >= 4 is 5.91 Å². The zero-order valence-corrected chi connectivity index (χ0v) is 53.4. The predicted molar refractivity (Wildman–Crippen MR) is 354 cm³/mol. The van der Waals surface area contributed by atoms with Crippen LogP contribution in [-0.2, 0) is 14.3 Å². The summed E-state index contributed by atoms with van der Waals surface area (Å²) in [6, 6.07) is -0.814. The minimum atomic E-state index is -1.57. The quantitative estimate of drug-likeness (QED) is 0.0261. The van der Waals surface area contributed by atoms with Gasteiger partial charge in [0.05, 0.1) is 25.4 Å². The lowest BCUT2D eigenvalue weighted by atomic mass is 9.99. The fraction of sp³-hybridized carbons (Fsp3) is 0.743. The van der Waals surface area contributed by atoms with Gasteiger partial charge in [-0.1, -0.05) is 316 Å². The standard InChI is InChI=1S/C74H129NO8/c1-3-5-7-9-11-13-15-17-19-21-23-25-27-28-29-30-31-32-33-34-35-36-37-38-39-40-42-44-46-48-50-52-54-56-58-60-62-64-70(78)75-67(66-82-74-73(81)72(80)71(79)69(65-76)83-74)68(77)63-61-59-57-55-53-51-49-47-45-43-41-26-24-22-20-18-16-14-12-10-8-6-4-2/h5,7,11,13,17,19,23,25,28-29,31-32,34-35,37-38,61,63,67-69,71-74,76-77,79-81H,3-4,6,8-10,12,14-16,18,20-22,24,26-27,30,33,36,39-60,62,64-66H2,1-2H3,(H,75,78)/b7-5-,13-11-,19-17-,25-23-,29-28-,32-31-,35-34-,38-37-,63-61+. The molecule has 1 aliphatic rings. The smallest absolute Gasteiger partial charge is 0.220 e. The van der Waals surface area contributed by atoms with E-state index in [2.05, 4.69) is 116 Å². The van der Waals surface area contributed by atoms with E-state index in [1.165, 1.54) is 186 Å². The van der Waals surface area contributed by atoms with Crippen molar-refractivity contribution in [3.63, 3.8) is 0 Å². The number of unbranched alkanes of at least 4 members (excludes halogenated alkanes) is 33. The second-order valence-electron chi connectivity index (χ2n) is 23.6. The number of carbonyl (C=O) groups is 1. The van der Waals surface area contributed by atoms with E-state index in [4.69, 9.17) is 9.47 Å². The Hall–Kier alpha value is -3.15. The topological polar surface area (TPSA) is 149 Å². The third-order valence-electron chi connectivity index (χ3n) is 15.9. The second-order valence-corrected chi connectivity index (χ2v) is 23.6. The summed E-state index contributed by atoms with van der Waals surface area (Å²) in [5.41, 5.74) is 0. The van der Waals surface area contributed by atoms with Crippen LogP contribution in [0.4, 0.5) is 0 Å². The van der Waals surface area contributed by atoms with Gasteiger partial charge in [0, 0.05) is 6.42 Å². The van der Waals surface area contributed by atoms with Gasteiger partial charge in [-0.2, -0.15) is 0 Å². The maximum atomic E-state index is 13.1. The van der Waals surface area contributed by atoms with Gasteiger partial charge in [-0.05, 0) is 83.5 Å². The van der Waals surface area contributed by atoms with Crippen molar-refractivity contribution in [1.82, 2.24) is 5.32 Å². The molecule has 1 fully saturated rings. The predicted octanol–water partition coefficient (Wildman–Crippen LogP) is 18.9. The minimum absolute atomic E-state index is 0.180. The third kappa shape index (κ3) is 50.7. The molecule has 1 aliphatic heterocycles. The summed E-state index contributed by atoms with van der Waals surface area (Å²) in [5.74, 6) is -0.180. The van der Waals surface area contributed by atoms with Crippen LogP contribution in [-0.4, -0.2) is 87.5 Å². The van der Waals surface area contributed by atoms with Crippen LogP contribution in [0.1, 0.15) is 296 Å². The molecule has 6 N–H and O–H groups in total. The lowest BCUT2D eigenvalue weighted by Gasteiger charge is -2.40. The number of rotatable bonds is 59. The Kier molecular flexibility index (Phi) is 58.1. The summed E-state index contributed by atoms with van der Waals surface area (Å²) in [6.07, 6.45) is 84.6. The Labute approximate surface area is 510 Å². The average Bonchev–Trinajstić information content (AvgIpc) is 3.60. The molecule has 0 spiro atoms. The van der Waals surface area contributed by atoms with Crippen LogP contribution in [0, 0.1) is 0 Å². The SMILES string of the molecule is CC/C=C\C/C=C\C/C=C\C/C=C\C/C=C\C/C=C\C/C=C\C/C=C\CCCCCCCCCCCCCCC(=O)NC(COC1OC(CO)C(O)C(O)C1O)C(O)/C=C/CCCCCCCCCCCCCCCCCCCCCCC. The summed E-state index contributed by atoms with van der Waals surface area (Å²) in [7, 11) is 0. The molecule has 478 valence electrons. The number of amides is 1. The van der Waals surface area contributed by atoms with Crippen molar-refractivity contribution in [2.45, 2.75) is 339 Å². The number of aliphatic hydroxyl groups excluding tert-OH is 5. The Bertz CT molecular complexity index is 1680. The van der Waals surface area contributed by atoms with Gasteiger partial charge in [0.15, 0.2) is 6.29 Å². The monoisotopic (exact) mass is 1160 g/mol. The minimum Gasteiger partial charge on any atom is -0.394 e. The van der Waals surface area contributed by atoms with E-state index in [-0.39, 0.29) is 12.5 Å². The van der Waals surface area contributed by atoms with Crippen LogP contribution in [0.25, 0.3) is 0 Å². The van der Waals surface area contributed by atoms with E-state index in [0.717, 1.165) is 89.9 Å². The normalized spacial score (nSPS) is 19.0. The molecule has 83 heavy (non-hydrogen) atoms. The molecule has 9 heteroatoms. The van der Waals surface area contributed by atoms with Gasteiger partial charge in [0.2, 0.25) is 5.91 Å². The zero-order valence-electron chi connectivity index (χ0n) is 53.4. The van der Waals surface area contributed by atoms with Gasteiger partial charge >= 0.3 is 0 Å². The van der Waals surface area contributed by atoms with E-state index >= 15 is 0 Å². The van der Waals surface area contributed by atoms with Gasteiger partial charge in [-0.3, -0.25) is 4.79 Å². The first-order chi connectivity index (χ1) is 40.8. The van der Waals surface area contributed by atoms with E-state index in [0.29, 0.717) is 6.42 Å². The summed E-state index contributed by atoms with van der Waals surface area (Å²) in [6.45, 7) is 3.69. The molecule has 0 aromatic heterocycles. The highest BCUT2D eigenvalue weighted by Gasteiger charge is 2.44. The van der Waals surface area contributed by atoms with Crippen LogP contribution in [0.3, 0.4) is 0 Å². The van der Waals surface area contributed by atoms with Crippen LogP contribution >= 0.6 is 0 Å². The third-order valence-corrected chi connectivity index (χ3v) is 15.9. The summed E-state index contributed by atoms with van der Waals surface area (Å²) < 4.78 is 11.3. The van der Waals surface area contributed by atoms with Crippen molar-refractivity contribution in [1.29, 1.82) is 0 Å². The van der Waals surface area contributed by atoms with E-state index < -0.39 is 49.5 Å². The number of ether oxygens (including phenoxy) is 2. The van der Waals surface area contributed by atoms with Crippen LogP contribution in [0.2, 0.25) is 0 Å². The van der Waals surface area contributed by atoms with Gasteiger partial charge in [-0.25, -0.2) is 0 Å². The number of aliphatic hydroxyl groups is 5. The Morgan fingerprint density at radius 1 is 0.422 bits per heavy atom. The highest BCUT2D eigenvalue weighted by molar-refractivity contribution is 5.76. The number of allylic oxidation sites excluding steroid dienone is 17. The van der Waals surface area contributed by atoms with Crippen molar-refractivity contribution in [2.24, 2.45) is 0 Å². The number of carbonyl (C=O) groups excluding carboxylic acids is 1. The molecule has 0 aliphatic carbocycles. The van der Waals surface area contributed by atoms with Crippen LogP contribution in [0.5, 0.6) is 0 Å². The first-order valence-electron chi connectivity index (χ1n) is 34.6. The number of nitrogens with one attached hydrogen (secondary N) is 1. The van der Waals surface area contributed by atoms with Crippen molar-refractivity contribution in [3.8, 4) is 0 Å². The van der Waals surface area contributed by atoms with E-state index in [9.17, 15) is 30.3 Å². The molecule has 7 atom stereocenters. The molecule has 0 aromatic carbocycles. The van der Waals surface area contributed by atoms with Crippen molar-refractivity contribution in [3.05, 3.63) is 109 Å². The van der Waals surface area contributed by atoms with Gasteiger partial charge in [-0.15, -0.1) is 0 Å². The summed E-state index contributed by atoms with van der Waals surface area (Å²) >= 11 is 0. The fourth-order valence-corrected chi connectivity index (χ4v) is 10.5. The first-order valence-corrected chi connectivity index (χ1v) is 34.6. The van der Waals surface area contributed by atoms with Crippen LogP contribution < -0.4 is 5.32 Å².